The number of hydrogen-bond acceptors (Lipinski definition) is 6. The van der Waals surface area contributed by atoms with Crippen LogP contribution in [0.15, 0.2) is 18.2 Å². The van der Waals surface area contributed by atoms with Gasteiger partial charge >= 0.3 is 5.69 Å². The second-order valence-electron chi connectivity index (χ2n) is 5.09. The van der Waals surface area contributed by atoms with Crippen molar-refractivity contribution in [1.29, 1.82) is 0 Å². The zero-order chi connectivity index (χ0) is 15.2. The second-order valence-corrected chi connectivity index (χ2v) is 5.09. The molecule has 116 valence electrons. The number of β-amino-alcohol motifs (C(OH)–C–C–N with tert-alkyl or cyclic N) is 1. The molecule has 7 nitrogen and oxygen atoms in total. The Kier molecular flexibility index (Phi) is 5.35. The summed E-state index contributed by atoms with van der Waals surface area (Å²) in [4.78, 5) is 15.3. The van der Waals surface area contributed by atoms with Gasteiger partial charge in [0.1, 0.15) is 11.4 Å². The number of rotatable bonds is 5. The summed E-state index contributed by atoms with van der Waals surface area (Å²) >= 11 is 0. The van der Waals surface area contributed by atoms with Gasteiger partial charge in [-0.05, 0) is 25.1 Å². The lowest BCUT2D eigenvalue weighted by Gasteiger charge is -2.23. The fourth-order valence-electron chi connectivity index (χ4n) is 2.76. The van der Waals surface area contributed by atoms with Crippen molar-refractivity contribution in [2.45, 2.75) is 6.42 Å². The molecular weight excluding hydrogens is 272 g/mol. The molecule has 1 fully saturated rings. The van der Waals surface area contributed by atoms with Crippen LogP contribution >= 0.6 is 0 Å². The molecule has 0 saturated carbocycles. The van der Waals surface area contributed by atoms with Crippen LogP contribution in [0.25, 0.3) is 0 Å². The predicted octanol–water partition coefficient (Wildman–Crippen LogP) is 1.14. The maximum atomic E-state index is 11.4. The number of para-hydroxylation sites is 1. The van der Waals surface area contributed by atoms with Gasteiger partial charge < -0.3 is 15.3 Å². The molecule has 0 bridgehead atoms. The summed E-state index contributed by atoms with van der Waals surface area (Å²) in [5.41, 5.74) is 1.34. The van der Waals surface area contributed by atoms with E-state index in [0.29, 0.717) is 17.9 Å². The largest absolute Gasteiger partial charge is 0.395 e. The van der Waals surface area contributed by atoms with Crippen LogP contribution in [0, 0.1) is 10.1 Å². The van der Waals surface area contributed by atoms with Crippen molar-refractivity contribution in [2.75, 3.05) is 56.6 Å². The highest BCUT2D eigenvalue weighted by Gasteiger charge is 2.24. The highest BCUT2D eigenvalue weighted by atomic mass is 16.6. The molecule has 1 saturated heterocycles. The van der Waals surface area contributed by atoms with E-state index in [1.165, 1.54) is 0 Å². The Morgan fingerprint density at radius 3 is 2.81 bits per heavy atom. The number of benzene rings is 1. The molecule has 1 aliphatic heterocycles. The van der Waals surface area contributed by atoms with E-state index in [9.17, 15) is 10.1 Å². The van der Waals surface area contributed by atoms with E-state index in [0.717, 1.165) is 32.6 Å². The third-order valence-corrected chi connectivity index (χ3v) is 3.81. The number of anilines is 2. The third-order valence-electron chi connectivity index (χ3n) is 3.81. The first-order valence-corrected chi connectivity index (χ1v) is 7.20. The lowest BCUT2D eigenvalue weighted by atomic mass is 10.2. The summed E-state index contributed by atoms with van der Waals surface area (Å²) in [5.74, 6) is 0. The summed E-state index contributed by atoms with van der Waals surface area (Å²) in [6, 6.07) is 5.36. The molecule has 0 radical (unpaired) electrons. The first kappa shape index (κ1) is 15.5. The molecule has 1 aromatic carbocycles. The van der Waals surface area contributed by atoms with E-state index in [1.807, 2.05) is 6.07 Å². The highest BCUT2D eigenvalue weighted by molar-refractivity contribution is 5.77. The molecule has 2 rings (SSSR count). The van der Waals surface area contributed by atoms with Crippen LogP contribution in [-0.4, -0.2) is 61.3 Å². The van der Waals surface area contributed by atoms with Gasteiger partial charge in [0.05, 0.1) is 11.5 Å². The zero-order valence-electron chi connectivity index (χ0n) is 12.3. The van der Waals surface area contributed by atoms with Gasteiger partial charge in [-0.25, -0.2) is 0 Å². The Balaban J connectivity index is 2.23. The lowest BCUT2D eigenvalue weighted by molar-refractivity contribution is -0.383. The first-order valence-electron chi connectivity index (χ1n) is 7.20. The van der Waals surface area contributed by atoms with Gasteiger partial charge in [0.25, 0.3) is 0 Å². The molecule has 1 aliphatic rings. The van der Waals surface area contributed by atoms with Gasteiger partial charge in [0.2, 0.25) is 0 Å². The second kappa shape index (κ2) is 7.24. The quantitative estimate of drug-likeness (QED) is 0.626. The molecule has 0 amide bonds. The van der Waals surface area contributed by atoms with Crippen LogP contribution in [0.2, 0.25) is 0 Å². The van der Waals surface area contributed by atoms with Gasteiger partial charge in [-0.1, -0.05) is 6.07 Å². The van der Waals surface area contributed by atoms with Crippen molar-refractivity contribution in [1.82, 2.24) is 4.90 Å². The van der Waals surface area contributed by atoms with Crippen LogP contribution in [0.1, 0.15) is 6.42 Å². The molecule has 0 aromatic heterocycles. The topological polar surface area (TPSA) is 81.9 Å². The summed E-state index contributed by atoms with van der Waals surface area (Å²) in [6.07, 6.45) is 0.931. The Morgan fingerprint density at radius 1 is 1.33 bits per heavy atom. The first-order chi connectivity index (χ1) is 10.2. The monoisotopic (exact) mass is 294 g/mol. The van der Waals surface area contributed by atoms with Crippen molar-refractivity contribution in [3.05, 3.63) is 28.3 Å². The van der Waals surface area contributed by atoms with E-state index in [2.05, 4.69) is 15.1 Å². The van der Waals surface area contributed by atoms with Crippen LogP contribution in [-0.2, 0) is 0 Å². The number of aliphatic hydroxyl groups excluding tert-OH is 1. The van der Waals surface area contributed by atoms with E-state index in [-0.39, 0.29) is 17.2 Å². The third kappa shape index (κ3) is 3.62. The van der Waals surface area contributed by atoms with E-state index >= 15 is 0 Å². The van der Waals surface area contributed by atoms with Crippen LogP contribution in [0.5, 0.6) is 0 Å². The molecule has 21 heavy (non-hydrogen) atoms. The van der Waals surface area contributed by atoms with Gasteiger partial charge in [-0.3, -0.25) is 15.0 Å². The summed E-state index contributed by atoms with van der Waals surface area (Å²) in [6.45, 7) is 4.05. The molecule has 0 unspecified atom stereocenters. The molecule has 1 aromatic rings. The number of nitro benzene ring substituents is 1. The van der Waals surface area contributed by atoms with Crippen molar-refractivity contribution in [3.8, 4) is 0 Å². The fraction of sp³-hybridized carbons (Fsp3) is 0.571. The van der Waals surface area contributed by atoms with Gasteiger partial charge in [0.15, 0.2) is 0 Å². The van der Waals surface area contributed by atoms with Crippen molar-refractivity contribution in [2.24, 2.45) is 0 Å². The smallest absolute Gasteiger partial charge is 0.315 e. The Labute approximate surface area is 124 Å². The molecule has 0 aliphatic carbocycles. The van der Waals surface area contributed by atoms with Crippen LogP contribution in [0.3, 0.4) is 0 Å². The fourth-order valence-corrected chi connectivity index (χ4v) is 2.76. The Morgan fingerprint density at radius 2 is 2.14 bits per heavy atom. The average Bonchev–Trinajstić information content (AvgIpc) is 2.72. The highest BCUT2D eigenvalue weighted by Crippen LogP contribution is 2.35. The van der Waals surface area contributed by atoms with Crippen molar-refractivity contribution in [3.63, 3.8) is 0 Å². The average molecular weight is 294 g/mol. The van der Waals surface area contributed by atoms with Crippen molar-refractivity contribution < 1.29 is 10.0 Å². The molecule has 7 heteroatoms. The lowest BCUT2D eigenvalue weighted by Crippen LogP contribution is -2.32. The number of hydrogen-bond donors (Lipinski definition) is 2. The van der Waals surface area contributed by atoms with Gasteiger partial charge in [-0.15, -0.1) is 0 Å². The predicted molar refractivity (Wildman–Crippen MR) is 83.0 cm³/mol. The molecular formula is C14H22N4O3. The SMILES string of the molecule is CNc1cccc(N2CCCN(CCO)CC2)c1[N+](=O)[O-]. The number of nitro groups is 1. The standard InChI is InChI=1S/C14H22N4O3/c1-15-12-4-2-5-13(14(12)18(20)21)17-7-3-6-16(8-9-17)10-11-19/h2,4-5,15,19H,3,6-11H2,1H3. The number of nitrogens with zero attached hydrogens (tertiary/aromatic N) is 3. The molecule has 0 atom stereocenters. The summed E-state index contributed by atoms with van der Waals surface area (Å²) in [5, 5.41) is 23.3. The minimum Gasteiger partial charge on any atom is -0.395 e. The molecule has 2 N–H and O–H groups in total. The minimum absolute atomic E-state index is 0.135. The van der Waals surface area contributed by atoms with Crippen molar-refractivity contribution >= 4 is 17.1 Å². The van der Waals surface area contributed by atoms with Crippen LogP contribution < -0.4 is 10.2 Å². The molecule has 1 heterocycles. The van der Waals surface area contributed by atoms with Gasteiger partial charge in [0, 0.05) is 33.2 Å². The number of aliphatic hydroxyl groups is 1. The van der Waals surface area contributed by atoms with E-state index in [4.69, 9.17) is 5.11 Å². The van der Waals surface area contributed by atoms with E-state index < -0.39 is 0 Å². The van der Waals surface area contributed by atoms with Gasteiger partial charge in [-0.2, -0.15) is 0 Å². The summed E-state index contributed by atoms with van der Waals surface area (Å²) < 4.78 is 0. The Hall–Kier alpha value is -1.86. The Bertz CT molecular complexity index is 495. The zero-order valence-corrected chi connectivity index (χ0v) is 12.3. The maximum Gasteiger partial charge on any atom is 0.315 e. The molecule has 0 spiro atoms. The maximum absolute atomic E-state index is 11.4. The van der Waals surface area contributed by atoms with E-state index in [1.54, 1.807) is 19.2 Å². The normalized spacial score (nSPS) is 16.6. The van der Waals surface area contributed by atoms with Crippen LogP contribution in [0.4, 0.5) is 17.1 Å². The summed E-state index contributed by atoms with van der Waals surface area (Å²) in [7, 11) is 1.69. The minimum atomic E-state index is -0.322. The number of nitrogens with one attached hydrogen (secondary N) is 1.